The quantitative estimate of drug-likeness (QED) is 0.0919. The summed E-state index contributed by atoms with van der Waals surface area (Å²) >= 11 is 0. The highest BCUT2D eigenvalue weighted by atomic mass is 19.4. The molecule has 8 rings (SSSR count). The van der Waals surface area contributed by atoms with Gasteiger partial charge in [0.2, 0.25) is 18.1 Å². The number of rotatable bonds is 6. The van der Waals surface area contributed by atoms with Crippen LogP contribution in [0.4, 0.5) is 105 Å². The van der Waals surface area contributed by atoms with Gasteiger partial charge in [0.25, 0.3) is 0 Å². The Morgan fingerprint density at radius 3 is 0.808 bits per heavy atom. The van der Waals surface area contributed by atoms with Gasteiger partial charge < -0.3 is 0 Å². The number of benzene rings is 7. The molecule has 0 aliphatic heterocycles. The minimum atomic E-state index is -6.13. The van der Waals surface area contributed by atoms with Gasteiger partial charge in [0.1, 0.15) is 6.15 Å². The lowest BCUT2D eigenvalue weighted by Crippen LogP contribution is -2.75. The van der Waals surface area contributed by atoms with Crippen molar-refractivity contribution in [2.45, 2.75) is 49.4 Å². The molecule has 27 heteroatoms. The van der Waals surface area contributed by atoms with Crippen molar-refractivity contribution in [1.29, 1.82) is 0 Å². The molecule has 0 N–H and O–H groups in total. The zero-order valence-corrected chi connectivity index (χ0v) is 38.0. The summed E-state index contributed by atoms with van der Waals surface area (Å²) < 4.78 is 343. The van der Waals surface area contributed by atoms with E-state index < -0.39 is 195 Å². The van der Waals surface area contributed by atoms with Crippen LogP contribution >= 0.6 is 0 Å². The van der Waals surface area contributed by atoms with E-state index in [1.54, 1.807) is 4.73 Å². The molecule has 0 atom stereocenters. The number of halogens is 24. The molecule has 78 heavy (non-hydrogen) atoms. The first-order chi connectivity index (χ1) is 35.6. The fourth-order valence-corrected chi connectivity index (χ4v) is 8.59. The molecule has 7 aromatic carbocycles. The summed E-state index contributed by atoms with van der Waals surface area (Å²) in [6.45, 7) is 0. The zero-order chi connectivity index (χ0) is 58.0. The molecular formula is C51H26BF24NO. The van der Waals surface area contributed by atoms with Crippen molar-refractivity contribution < 1.29 is 115 Å². The van der Waals surface area contributed by atoms with Gasteiger partial charge in [-0.1, -0.05) is 97.1 Å². The Morgan fingerprint density at radius 1 is 0.269 bits per heavy atom. The van der Waals surface area contributed by atoms with Gasteiger partial charge in [-0.2, -0.15) is 127 Å². The Labute approximate surface area is 421 Å². The summed E-state index contributed by atoms with van der Waals surface area (Å²) in [5, 5.41) is 4.75. The van der Waals surface area contributed by atoms with E-state index in [2.05, 4.69) is 42.5 Å². The van der Waals surface area contributed by atoms with Crippen molar-refractivity contribution in [2.75, 3.05) is 0 Å². The second-order valence-corrected chi connectivity index (χ2v) is 17.3. The first kappa shape index (κ1) is 58.1. The van der Waals surface area contributed by atoms with Crippen LogP contribution in [0, 0.1) is 0 Å². The molecule has 8 aromatic rings. The standard InChI is InChI=1S/C32H12BF24.C19H14NO/c34-25(35,36)13-1-14(26(37,38)39)6-21(5-13)33(22-7-15(27(40,41)42)2-16(8-22)28(43,44)45,23-9-17(29(46,47)48)3-18(10-23)30(49,50)51)24-11-19(31(52,53)54)4-20(12-24)32(55,56)57;1-3-7-17-13-19(10-9-15(17)5-1)21-20-12-11-16-6-2-4-8-18(16)14-20/h1-12H;1-14H/q-1;+1. The number of hydrogen-bond donors (Lipinski definition) is 0. The average molecular weight is 1140 g/mol. The summed E-state index contributed by atoms with van der Waals surface area (Å²) in [5.41, 5.74) is -30.2. The van der Waals surface area contributed by atoms with Crippen molar-refractivity contribution in [2.24, 2.45) is 0 Å². The largest absolute Gasteiger partial charge is 0.416 e. The van der Waals surface area contributed by atoms with E-state index in [1.807, 2.05) is 42.7 Å². The summed E-state index contributed by atoms with van der Waals surface area (Å²) in [5.74, 6) is 0.828. The second kappa shape index (κ2) is 20.0. The number of aromatic nitrogens is 1. The molecule has 2 nitrogen and oxygen atoms in total. The van der Waals surface area contributed by atoms with E-state index in [0.717, 1.165) is 11.1 Å². The normalized spacial score (nSPS) is 13.4. The van der Waals surface area contributed by atoms with Crippen molar-refractivity contribution in [1.82, 2.24) is 0 Å². The molecule has 0 spiro atoms. The summed E-state index contributed by atoms with van der Waals surface area (Å²) in [7, 11) is 0. The maximum absolute atomic E-state index is 14.2. The highest BCUT2D eigenvalue weighted by molar-refractivity contribution is 7.20. The predicted molar refractivity (Wildman–Crippen MR) is 234 cm³/mol. The van der Waals surface area contributed by atoms with E-state index in [-0.39, 0.29) is 0 Å². The van der Waals surface area contributed by atoms with Crippen LogP contribution in [-0.2, 0) is 49.4 Å². The molecule has 412 valence electrons. The molecule has 0 saturated heterocycles. The van der Waals surface area contributed by atoms with Gasteiger partial charge in [0.05, 0.1) is 49.9 Å². The van der Waals surface area contributed by atoms with Crippen LogP contribution in [-0.4, -0.2) is 6.15 Å². The van der Waals surface area contributed by atoms with Crippen LogP contribution in [0.2, 0.25) is 0 Å². The minimum absolute atomic E-state index is 0.691. The van der Waals surface area contributed by atoms with Gasteiger partial charge >= 0.3 is 49.4 Å². The van der Waals surface area contributed by atoms with Crippen molar-refractivity contribution in [3.63, 3.8) is 0 Å². The Hall–Kier alpha value is -7.61. The third-order valence-corrected chi connectivity index (χ3v) is 12.0. The number of fused-ring (bicyclic) bond motifs is 2. The first-order valence-corrected chi connectivity index (χ1v) is 21.6. The van der Waals surface area contributed by atoms with Gasteiger partial charge in [-0.05, 0) is 58.6 Å². The van der Waals surface area contributed by atoms with E-state index in [0.29, 0.717) is 0 Å². The number of nitrogens with zero attached hydrogens (tertiary/aromatic N) is 1. The number of hydrogen-bond acceptors (Lipinski definition) is 1. The highest BCUT2D eigenvalue weighted by Gasteiger charge is 2.47. The van der Waals surface area contributed by atoms with E-state index in [1.165, 1.54) is 16.2 Å². The van der Waals surface area contributed by atoms with Gasteiger partial charge in [0, 0.05) is 10.8 Å². The summed E-state index contributed by atoms with van der Waals surface area (Å²) in [6, 6.07) is 15.9. The van der Waals surface area contributed by atoms with Crippen molar-refractivity contribution in [3.8, 4) is 5.75 Å². The van der Waals surface area contributed by atoms with E-state index in [9.17, 15) is 105 Å². The van der Waals surface area contributed by atoms with E-state index >= 15 is 0 Å². The van der Waals surface area contributed by atoms with Crippen molar-refractivity contribution >= 4 is 49.5 Å². The lowest BCUT2D eigenvalue weighted by Gasteiger charge is -2.46. The highest BCUT2D eigenvalue weighted by Crippen LogP contribution is 2.41. The minimum Gasteiger partial charge on any atom is -0.231 e. The van der Waals surface area contributed by atoms with Crippen LogP contribution in [0.25, 0.3) is 21.5 Å². The van der Waals surface area contributed by atoms with Crippen LogP contribution in [0.15, 0.2) is 158 Å². The SMILES string of the molecule is FC(F)(F)c1cc([B-](c2cc(C(F)(F)F)cc(C(F)(F)F)c2)(c2cc(C(F)(F)F)cc(C(F)(F)F)c2)c2cc(C(F)(F)F)cc(C(F)(F)F)c2)cc(C(F)(F)F)c1.c1ccc2cc(O[n+]3ccc4ccccc4c3)ccc2c1. The predicted octanol–water partition coefficient (Wildman–Crippen LogP) is 15.3. The Kier molecular flexibility index (Phi) is 14.9. The molecule has 0 unspecified atom stereocenters. The van der Waals surface area contributed by atoms with E-state index in [4.69, 9.17) is 4.84 Å². The molecule has 0 amide bonds. The Morgan fingerprint density at radius 2 is 0.526 bits per heavy atom. The van der Waals surface area contributed by atoms with Gasteiger partial charge in [-0.15, -0.1) is 0 Å². The van der Waals surface area contributed by atoms with Crippen molar-refractivity contribution in [3.05, 3.63) is 202 Å². The summed E-state index contributed by atoms with van der Waals surface area (Å²) in [4.78, 5) is 5.91. The molecule has 1 heterocycles. The molecule has 0 aliphatic carbocycles. The molecule has 0 fully saturated rings. The monoisotopic (exact) mass is 1140 g/mol. The fraction of sp³-hybridized carbons (Fsp3) is 0.157. The average Bonchev–Trinajstić information content (AvgIpc) is 3.32. The van der Waals surface area contributed by atoms with Crippen LogP contribution < -0.4 is 31.4 Å². The lowest BCUT2D eigenvalue weighted by atomic mass is 9.12. The number of alkyl halides is 24. The zero-order valence-electron chi connectivity index (χ0n) is 38.0. The Balaban J connectivity index is 0.000000344. The number of pyridine rings is 1. The second-order valence-electron chi connectivity index (χ2n) is 17.3. The van der Waals surface area contributed by atoms with Crippen LogP contribution in [0.5, 0.6) is 5.75 Å². The molecule has 0 radical (unpaired) electrons. The van der Waals surface area contributed by atoms with Gasteiger partial charge in [-0.25, -0.2) is 4.84 Å². The maximum atomic E-state index is 14.2. The third-order valence-electron chi connectivity index (χ3n) is 12.0. The smallest absolute Gasteiger partial charge is 0.231 e. The molecular weight excluding hydrogens is 1110 g/mol. The maximum Gasteiger partial charge on any atom is 0.416 e. The molecule has 1 aromatic heterocycles. The fourth-order valence-electron chi connectivity index (χ4n) is 8.59. The van der Waals surface area contributed by atoms with Crippen LogP contribution in [0.3, 0.4) is 0 Å². The Bertz CT molecular complexity index is 2990. The molecule has 0 bridgehead atoms. The van der Waals surface area contributed by atoms with Crippen LogP contribution in [0.1, 0.15) is 44.5 Å². The van der Waals surface area contributed by atoms with Gasteiger partial charge in [0.15, 0.2) is 0 Å². The molecule has 0 saturated carbocycles. The topological polar surface area (TPSA) is 13.1 Å². The van der Waals surface area contributed by atoms with Gasteiger partial charge in [-0.3, -0.25) is 0 Å². The lowest BCUT2D eigenvalue weighted by molar-refractivity contribution is -0.874. The summed E-state index contributed by atoms with van der Waals surface area (Å²) in [6.07, 6.45) is -50.9. The molecule has 0 aliphatic rings. The third kappa shape index (κ3) is 12.7. The first-order valence-electron chi connectivity index (χ1n) is 21.6.